The third kappa shape index (κ3) is 6.54. The van der Waals surface area contributed by atoms with Gasteiger partial charge in [-0.3, -0.25) is 0 Å². The molecule has 6 heteroatoms. The monoisotopic (exact) mass is 324 g/mol. The average Bonchev–Trinajstić information content (AvgIpc) is 3.05. The molecule has 0 bridgehead atoms. The molecule has 128 valence electrons. The SMILES string of the molecule is Cc1ccc(CNC(=O)NCCCOCC2CCCO2)cc1F. The van der Waals surface area contributed by atoms with Gasteiger partial charge in [0.1, 0.15) is 5.82 Å². The van der Waals surface area contributed by atoms with Crippen LogP contribution in [-0.2, 0) is 16.0 Å². The van der Waals surface area contributed by atoms with Gasteiger partial charge in [0.05, 0.1) is 12.7 Å². The van der Waals surface area contributed by atoms with Gasteiger partial charge in [0.25, 0.3) is 0 Å². The third-order valence-electron chi connectivity index (χ3n) is 3.77. The molecule has 2 N–H and O–H groups in total. The summed E-state index contributed by atoms with van der Waals surface area (Å²) in [7, 11) is 0. The van der Waals surface area contributed by atoms with Crippen molar-refractivity contribution >= 4 is 6.03 Å². The molecular weight excluding hydrogens is 299 g/mol. The number of ether oxygens (including phenoxy) is 2. The lowest BCUT2D eigenvalue weighted by Crippen LogP contribution is -2.36. The van der Waals surface area contributed by atoms with E-state index in [2.05, 4.69) is 10.6 Å². The Bertz CT molecular complexity index is 505. The predicted octanol–water partition coefficient (Wildman–Crippen LogP) is 2.52. The normalized spacial score (nSPS) is 17.2. The van der Waals surface area contributed by atoms with E-state index in [0.717, 1.165) is 31.4 Å². The Kier molecular flexibility index (Phi) is 7.29. The summed E-state index contributed by atoms with van der Waals surface area (Å²) in [6.45, 7) is 4.62. The highest BCUT2D eigenvalue weighted by molar-refractivity contribution is 5.73. The maximum Gasteiger partial charge on any atom is 0.315 e. The molecule has 1 aromatic carbocycles. The van der Waals surface area contributed by atoms with Crippen molar-refractivity contribution in [3.8, 4) is 0 Å². The van der Waals surface area contributed by atoms with Crippen LogP contribution in [0.4, 0.5) is 9.18 Å². The summed E-state index contributed by atoms with van der Waals surface area (Å²) >= 11 is 0. The Morgan fingerprint density at radius 3 is 3.04 bits per heavy atom. The number of carbonyl (C=O) groups excluding carboxylic acids is 1. The first-order valence-corrected chi connectivity index (χ1v) is 8.11. The van der Waals surface area contributed by atoms with Crippen molar-refractivity contribution in [1.82, 2.24) is 10.6 Å². The van der Waals surface area contributed by atoms with Gasteiger partial charge in [-0.25, -0.2) is 9.18 Å². The second-order valence-corrected chi connectivity index (χ2v) is 5.76. The molecule has 0 saturated carbocycles. The highest BCUT2D eigenvalue weighted by Gasteiger charge is 2.14. The van der Waals surface area contributed by atoms with Crippen LogP contribution in [0.3, 0.4) is 0 Å². The molecule has 0 spiro atoms. The van der Waals surface area contributed by atoms with Crippen LogP contribution in [0.2, 0.25) is 0 Å². The number of aryl methyl sites for hydroxylation is 1. The minimum absolute atomic E-state index is 0.237. The van der Waals surface area contributed by atoms with Gasteiger partial charge in [0.15, 0.2) is 0 Å². The molecule has 2 rings (SSSR count). The average molecular weight is 324 g/mol. The quantitative estimate of drug-likeness (QED) is 0.723. The molecule has 1 saturated heterocycles. The Balaban J connectivity index is 1.50. The van der Waals surface area contributed by atoms with E-state index in [-0.39, 0.29) is 18.0 Å². The number of hydrogen-bond acceptors (Lipinski definition) is 3. The standard InChI is InChI=1S/C17H25FN2O3/c1-13-5-6-14(10-16(13)18)11-20-17(21)19-7-3-8-22-12-15-4-2-9-23-15/h5-6,10,15H,2-4,7-9,11-12H2,1H3,(H2,19,20,21). The van der Waals surface area contributed by atoms with Crippen molar-refractivity contribution < 1.29 is 18.7 Å². The van der Waals surface area contributed by atoms with Crippen molar-refractivity contribution in [2.45, 2.75) is 38.8 Å². The Morgan fingerprint density at radius 2 is 2.30 bits per heavy atom. The van der Waals surface area contributed by atoms with Gasteiger partial charge < -0.3 is 20.1 Å². The van der Waals surface area contributed by atoms with Crippen LogP contribution in [0.5, 0.6) is 0 Å². The van der Waals surface area contributed by atoms with Gasteiger partial charge in [-0.05, 0) is 43.4 Å². The third-order valence-corrected chi connectivity index (χ3v) is 3.77. The van der Waals surface area contributed by atoms with Crippen LogP contribution < -0.4 is 10.6 Å². The number of urea groups is 1. The van der Waals surface area contributed by atoms with Gasteiger partial charge in [0, 0.05) is 26.3 Å². The van der Waals surface area contributed by atoms with E-state index in [1.807, 2.05) is 0 Å². The van der Waals surface area contributed by atoms with E-state index in [9.17, 15) is 9.18 Å². The zero-order valence-corrected chi connectivity index (χ0v) is 13.6. The summed E-state index contributed by atoms with van der Waals surface area (Å²) in [5.41, 5.74) is 1.34. The summed E-state index contributed by atoms with van der Waals surface area (Å²) in [6.07, 6.45) is 3.17. The molecule has 1 fully saturated rings. The van der Waals surface area contributed by atoms with Crippen molar-refractivity contribution in [3.05, 3.63) is 35.1 Å². The van der Waals surface area contributed by atoms with Crippen molar-refractivity contribution in [1.29, 1.82) is 0 Å². The number of nitrogens with one attached hydrogen (secondary N) is 2. The first-order valence-electron chi connectivity index (χ1n) is 8.11. The van der Waals surface area contributed by atoms with Crippen LogP contribution in [0.15, 0.2) is 18.2 Å². The van der Waals surface area contributed by atoms with E-state index in [1.165, 1.54) is 6.07 Å². The topological polar surface area (TPSA) is 59.6 Å². The van der Waals surface area contributed by atoms with E-state index >= 15 is 0 Å². The fourth-order valence-corrected chi connectivity index (χ4v) is 2.36. The number of hydrogen-bond donors (Lipinski definition) is 2. The molecule has 0 radical (unpaired) electrons. The number of benzene rings is 1. The molecule has 0 aliphatic carbocycles. The van der Waals surface area contributed by atoms with Crippen LogP contribution in [-0.4, -0.2) is 38.5 Å². The molecule has 23 heavy (non-hydrogen) atoms. The van der Waals surface area contributed by atoms with E-state index in [4.69, 9.17) is 9.47 Å². The van der Waals surface area contributed by atoms with Crippen molar-refractivity contribution in [2.24, 2.45) is 0 Å². The lowest BCUT2D eigenvalue weighted by molar-refractivity contribution is 0.0168. The fourth-order valence-electron chi connectivity index (χ4n) is 2.36. The smallest absolute Gasteiger partial charge is 0.315 e. The molecule has 1 aromatic rings. The van der Waals surface area contributed by atoms with Crippen molar-refractivity contribution in [2.75, 3.05) is 26.4 Å². The largest absolute Gasteiger partial charge is 0.379 e. The Morgan fingerprint density at radius 1 is 1.43 bits per heavy atom. The zero-order chi connectivity index (χ0) is 16.5. The minimum Gasteiger partial charge on any atom is -0.379 e. The summed E-state index contributed by atoms with van der Waals surface area (Å²) in [5.74, 6) is -0.256. The molecule has 1 aliphatic rings. The lowest BCUT2D eigenvalue weighted by Gasteiger charge is -2.11. The minimum atomic E-state index is -0.259. The lowest BCUT2D eigenvalue weighted by atomic mass is 10.1. The van der Waals surface area contributed by atoms with Gasteiger partial charge in [0.2, 0.25) is 0 Å². The molecule has 1 unspecified atom stereocenters. The van der Waals surface area contributed by atoms with Gasteiger partial charge in [-0.2, -0.15) is 0 Å². The van der Waals surface area contributed by atoms with Gasteiger partial charge in [-0.1, -0.05) is 12.1 Å². The zero-order valence-electron chi connectivity index (χ0n) is 13.6. The Labute approximate surface area is 136 Å². The fraction of sp³-hybridized carbons (Fsp3) is 0.588. The number of halogens is 1. The van der Waals surface area contributed by atoms with Gasteiger partial charge in [-0.15, -0.1) is 0 Å². The number of rotatable bonds is 8. The maximum atomic E-state index is 13.4. The summed E-state index contributed by atoms with van der Waals surface area (Å²) < 4.78 is 24.4. The summed E-state index contributed by atoms with van der Waals surface area (Å²) in [5, 5.41) is 5.46. The molecule has 2 amide bonds. The van der Waals surface area contributed by atoms with Gasteiger partial charge >= 0.3 is 6.03 Å². The van der Waals surface area contributed by atoms with Crippen molar-refractivity contribution in [3.63, 3.8) is 0 Å². The first-order chi connectivity index (χ1) is 11.1. The summed E-state index contributed by atoms with van der Waals surface area (Å²) in [6, 6.07) is 4.69. The Hall–Kier alpha value is -1.66. The number of amides is 2. The highest BCUT2D eigenvalue weighted by atomic mass is 19.1. The molecule has 1 atom stereocenters. The van der Waals surface area contributed by atoms with E-state index in [0.29, 0.717) is 31.9 Å². The second-order valence-electron chi connectivity index (χ2n) is 5.76. The molecule has 5 nitrogen and oxygen atoms in total. The predicted molar refractivity (Wildman–Crippen MR) is 85.8 cm³/mol. The van der Waals surface area contributed by atoms with Crippen LogP contribution >= 0.6 is 0 Å². The molecule has 1 aliphatic heterocycles. The van der Waals surface area contributed by atoms with Crippen LogP contribution in [0, 0.1) is 12.7 Å². The maximum absolute atomic E-state index is 13.4. The van der Waals surface area contributed by atoms with Crippen LogP contribution in [0.1, 0.15) is 30.4 Å². The van der Waals surface area contributed by atoms with E-state index in [1.54, 1.807) is 19.1 Å². The highest BCUT2D eigenvalue weighted by Crippen LogP contribution is 2.11. The van der Waals surface area contributed by atoms with Crippen LogP contribution in [0.25, 0.3) is 0 Å². The first kappa shape index (κ1) is 17.7. The number of carbonyl (C=O) groups is 1. The molecule has 0 aromatic heterocycles. The second kappa shape index (κ2) is 9.47. The molecular formula is C17H25FN2O3. The molecule has 1 heterocycles. The van der Waals surface area contributed by atoms with E-state index < -0.39 is 0 Å². The summed E-state index contributed by atoms with van der Waals surface area (Å²) in [4.78, 5) is 11.6.